The molecule has 35 heavy (non-hydrogen) atoms. The van der Waals surface area contributed by atoms with Gasteiger partial charge in [-0.1, -0.05) is 58.9 Å². The molecule has 0 spiro atoms. The van der Waals surface area contributed by atoms with Gasteiger partial charge in [-0.05, 0) is 32.9 Å². The molecule has 9 heteroatoms. The maximum Gasteiger partial charge on any atom is 0.277 e. The van der Waals surface area contributed by atoms with Gasteiger partial charge >= 0.3 is 0 Å². The molecule has 0 aliphatic carbocycles. The number of nitrogens with zero attached hydrogens (tertiary/aromatic N) is 5. The Kier molecular flexibility index (Phi) is 6.25. The summed E-state index contributed by atoms with van der Waals surface area (Å²) in [7, 11) is 0. The van der Waals surface area contributed by atoms with Crippen molar-refractivity contribution in [1.29, 1.82) is 0 Å². The number of rotatable bonds is 5. The largest absolute Gasteiger partial charge is 0.481 e. The van der Waals surface area contributed by atoms with Crippen LogP contribution in [0, 0.1) is 13.8 Å². The van der Waals surface area contributed by atoms with Gasteiger partial charge in [-0.15, -0.1) is 0 Å². The number of carbonyl (C=O) groups is 1. The van der Waals surface area contributed by atoms with Crippen LogP contribution in [0.25, 0.3) is 15.5 Å². The quantitative estimate of drug-likeness (QED) is 0.427. The lowest BCUT2D eigenvalue weighted by atomic mass is 10.2. The smallest absolute Gasteiger partial charge is 0.277 e. The molecular formula is C26H27N5O3S. The third-order valence-electron chi connectivity index (χ3n) is 6.13. The molecule has 1 atom stereocenters. The highest BCUT2D eigenvalue weighted by atomic mass is 32.1. The Balaban J connectivity index is 1.26. The second-order valence-corrected chi connectivity index (χ2v) is 9.76. The van der Waals surface area contributed by atoms with Crippen LogP contribution < -0.4 is 15.2 Å². The van der Waals surface area contributed by atoms with E-state index in [0.29, 0.717) is 42.7 Å². The van der Waals surface area contributed by atoms with E-state index in [1.54, 1.807) is 6.92 Å². The first-order valence-corrected chi connectivity index (χ1v) is 12.4. The fourth-order valence-electron chi connectivity index (χ4n) is 4.06. The van der Waals surface area contributed by atoms with Crippen LogP contribution in [0.5, 0.6) is 5.75 Å². The van der Waals surface area contributed by atoms with Crippen LogP contribution in [0.4, 0.5) is 5.82 Å². The van der Waals surface area contributed by atoms with Gasteiger partial charge in [0.05, 0.1) is 0 Å². The summed E-state index contributed by atoms with van der Waals surface area (Å²) in [5.74, 6) is 1.26. The van der Waals surface area contributed by atoms with Gasteiger partial charge in [0.15, 0.2) is 6.10 Å². The van der Waals surface area contributed by atoms with Crippen LogP contribution in [0.15, 0.2) is 59.4 Å². The molecule has 3 heterocycles. The van der Waals surface area contributed by atoms with E-state index in [2.05, 4.69) is 5.10 Å². The van der Waals surface area contributed by atoms with E-state index in [0.717, 1.165) is 16.1 Å². The molecule has 5 rings (SSSR count). The molecule has 4 aromatic rings. The number of aromatic nitrogens is 3. The van der Waals surface area contributed by atoms with Crippen molar-refractivity contribution in [3.05, 3.63) is 76.1 Å². The van der Waals surface area contributed by atoms with E-state index >= 15 is 0 Å². The van der Waals surface area contributed by atoms with Gasteiger partial charge in [0.1, 0.15) is 16.6 Å². The number of aryl methyl sites for hydroxylation is 2. The summed E-state index contributed by atoms with van der Waals surface area (Å²) in [6, 6.07) is 17.2. The maximum absolute atomic E-state index is 12.9. The minimum absolute atomic E-state index is 0.0427. The summed E-state index contributed by atoms with van der Waals surface area (Å²) >= 11 is 1.39. The Morgan fingerprint density at radius 2 is 1.60 bits per heavy atom. The molecule has 0 bridgehead atoms. The molecule has 1 fully saturated rings. The Morgan fingerprint density at radius 3 is 2.26 bits per heavy atom. The number of benzene rings is 2. The molecule has 1 saturated heterocycles. The van der Waals surface area contributed by atoms with E-state index in [4.69, 9.17) is 9.72 Å². The highest BCUT2D eigenvalue weighted by molar-refractivity contribution is 7.19. The number of fused-ring (bicyclic) bond motifs is 1. The van der Waals surface area contributed by atoms with Crippen molar-refractivity contribution in [2.45, 2.75) is 26.9 Å². The van der Waals surface area contributed by atoms with Crippen molar-refractivity contribution in [3.8, 4) is 16.3 Å². The van der Waals surface area contributed by atoms with Gasteiger partial charge in [0.2, 0.25) is 4.96 Å². The van der Waals surface area contributed by atoms with Crippen LogP contribution in [0.3, 0.4) is 0 Å². The van der Waals surface area contributed by atoms with Crippen molar-refractivity contribution in [2.75, 3.05) is 31.1 Å². The zero-order chi connectivity index (χ0) is 24.5. The van der Waals surface area contributed by atoms with Gasteiger partial charge < -0.3 is 14.5 Å². The molecule has 2 aromatic heterocycles. The molecule has 1 aliphatic rings. The van der Waals surface area contributed by atoms with Gasteiger partial charge in [-0.3, -0.25) is 9.59 Å². The van der Waals surface area contributed by atoms with Crippen molar-refractivity contribution in [3.63, 3.8) is 0 Å². The van der Waals surface area contributed by atoms with E-state index < -0.39 is 6.10 Å². The van der Waals surface area contributed by atoms with Crippen LogP contribution in [-0.4, -0.2) is 57.7 Å². The normalized spacial score (nSPS) is 14.8. The minimum atomic E-state index is -0.569. The highest BCUT2D eigenvalue weighted by Gasteiger charge is 2.27. The van der Waals surface area contributed by atoms with Crippen molar-refractivity contribution >= 4 is 28.0 Å². The first kappa shape index (κ1) is 23.0. The number of hydrogen-bond acceptors (Lipinski definition) is 7. The van der Waals surface area contributed by atoms with Crippen LogP contribution in [0.1, 0.15) is 18.1 Å². The van der Waals surface area contributed by atoms with Gasteiger partial charge in [0, 0.05) is 37.8 Å². The molecule has 2 aromatic carbocycles. The SMILES string of the molecule is Cc1ccc(O[C@@H](C)C(=O)N2CCN(c3cc(=O)n4nc(-c5ccc(C)cc5)sc4n3)CC2)cc1. The molecule has 1 aliphatic heterocycles. The van der Waals surface area contributed by atoms with Crippen LogP contribution in [0.2, 0.25) is 0 Å². The summed E-state index contributed by atoms with van der Waals surface area (Å²) < 4.78 is 7.19. The Bertz CT molecular complexity index is 1400. The Hall–Kier alpha value is -3.72. The lowest BCUT2D eigenvalue weighted by Crippen LogP contribution is -2.52. The van der Waals surface area contributed by atoms with Gasteiger partial charge in [-0.25, -0.2) is 4.98 Å². The molecule has 0 saturated carbocycles. The zero-order valence-corrected chi connectivity index (χ0v) is 20.8. The maximum atomic E-state index is 12.9. The fourth-order valence-corrected chi connectivity index (χ4v) is 4.96. The highest BCUT2D eigenvalue weighted by Crippen LogP contribution is 2.26. The number of anilines is 1. The zero-order valence-electron chi connectivity index (χ0n) is 20.0. The number of hydrogen-bond donors (Lipinski definition) is 0. The monoisotopic (exact) mass is 489 g/mol. The number of piperazine rings is 1. The number of carbonyl (C=O) groups excluding carboxylic acids is 1. The standard InChI is InChI=1S/C26H27N5O3S/c1-17-4-8-20(9-5-17)24-28-31-23(32)16-22(27-26(31)35-24)29-12-14-30(15-13-29)25(33)19(3)34-21-10-6-18(2)7-11-21/h4-11,16,19H,12-15H2,1-3H3/t19-/m0/s1. The average molecular weight is 490 g/mol. The lowest BCUT2D eigenvalue weighted by molar-refractivity contribution is -0.138. The topological polar surface area (TPSA) is 80.0 Å². The molecule has 0 N–H and O–H groups in total. The molecular weight excluding hydrogens is 462 g/mol. The summed E-state index contributed by atoms with van der Waals surface area (Å²) in [6.07, 6.45) is -0.569. The Morgan fingerprint density at radius 1 is 0.971 bits per heavy atom. The van der Waals surface area contributed by atoms with E-state index in [1.165, 1.54) is 27.5 Å². The second-order valence-electron chi connectivity index (χ2n) is 8.81. The fraction of sp³-hybridized carbons (Fsp3) is 0.308. The number of ether oxygens (including phenoxy) is 1. The molecule has 1 amide bonds. The molecule has 180 valence electrons. The first-order chi connectivity index (χ1) is 16.9. The molecule has 0 radical (unpaired) electrons. The van der Waals surface area contributed by atoms with Crippen LogP contribution >= 0.6 is 11.3 Å². The summed E-state index contributed by atoms with van der Waals surface area (Å²) in [5, 5.41) is 5.22. The van der Waals surface area contributed by atoms with Crippen molar-refractivity contribution in [1.82, 2.24) is 19.5 Å². The predicted molar refractivity (Wildman–Crippen MR) is 137 cm³/mol. The van der Waals surface area contributed by atoms with Crippen molar-refractivity contribution < 1.29 is 9.53 Å². The average Bonchev–Trinajstić information content (AvgIpc) is 3.30. The third-order valence-corrected chi connectivity index (χ3v) is 7.08. The minimum Gasteiger partial charge on any atom is -0.481 e. The summed E-state index contributed by atoms with van der Waals surface area (Å²) in [5.41, 5.74) is 3.06. The lowest BCUT2D eigenvalue weighted by Gasteiger charge is -2.36. The van der Waals surface area contributed by atoms with Crippen molar-refractivity contribution in [2.24, 2.45) is 0 Å². The van der Waals surface area contributed by atoms with Gasteiger partial charge in [0.25, 0.3) is 11.5 Å². The van der Waals surface area contributed by atoms with E-state index in [-0.39, 0.29) is 11.5 Å². The first-order valence-electron chi connectivity index (χ1n) is 11.6. The van der Waals surface area contributed by atoms with E-state index in [9.17, 15) is 9.59 Å². The summed E-state index contributed by atoms with van der Waals surface area (Å²) in [4.78, 5) is 34.8. The van der Waals surface area contributed by atoms with Gasteiger partial charge in [-0.2, -0.15) is 9.61 Å². The predicted octanol–water partition coefficient (Wildman–Crippen LogP) is 3.55. The number of amides is 1. The Labute approximate surface area is 207 Å². The third kappa shape index (κ3) is 4.90. The second kappa shape index (κ2) is 9.50. The van der Waals surface area contributed by atoms with E-state index in [1.807, 2.05) is 72.2 Å². The van der Waals surface area contributed by atoms with Crippen LogP contribution in [-0.2, 0) is 4.79 Å². The summed E-state index contributed by atoms with van der Waals surface area (Å²) in [6.45, 7) is 8.09. The molecule has 8 nitrogen and oxygen atoms in total. The molecule has 0 unspecified atom stereocenters.